The third-order valence-corrected chi connectivity index (χ3v) is 15.4. The molecule has 0 atom stereocenters. The number of hydrogen-bond donors (Lipinski definition) is 0. The molecule has 4 heteroatoms. The molecule has 0 bridgehead atoms. The SMILES string of the molecule is c1ccc(-c2cccc([Si](c3ccccc3)(c3ccccc3)c3cccc(-c4ccc5c(c4)SCc4nc6ccccc6n4-5)c3)c2)cc1. The van der Waals surface area contributed by atoms with Gasteiger partial charge in [0.1, 0.15) is 5.82 Å². The summed E-state index contributed by atoms with van der Waals surface area (Å²) >= 11 is 1.88. The van der Waals surface area contributed by atoms with E-state index in [1.807, 2.05) is 11.8 Å². The zero-order chi connectivity index (χ0) is 31.9. The largest absolute Gasteiger partial charge is 0.294 e. The Morgan fingerprint density at radius 3 is 1.65 bits per heavy atom. The molecule has 2 heterocycles. The standard InChI is InChI=1S/C44H32N2SSi/c1-4-14-32(15-5-1)33-16-12-22-38(28-33)48(36-18-6-2-7-19-36,37-20-8-3-9-21-37)39-23-13-17-34(29-39)35-26-27-42-43(30-35)47-31-44-45-40-24-10-11-25-41(40)46(42)44/h1-30H,31H2. The lowest BCUT2D eigenvalue weighted by Gasteiger charge is -2.35. The number of hydrogen-bond acceptors (Lipinski definition) is 2. The summed E-state index contributed by atoms with van der Waals surface area (Å²) in [6.45, 7) is 0. The summed E-state index contributed by atoms with van der Waals surface area (Å²) in [5.74, 6) is 1.98. The van der Waals surface area contributed by atoms with Crippen molar-refractivity contribution in [1.82, 2.24) is 9.55 Å². The molecular formula is C44H32N2SSi. The Labute approximate surface area is 286 Å². The maximum atomic E-state index is 4.93. The number of benzene rings is 7. The van der Waals surface area contributed by atoms with Gasteiger partial charge in [-0.05, 0) is 67.3 Å². The zero-order valence-corrected chi connectivity index (χ0v) is 28.1. The lowest BCUT2D eigenvalue weighted by molar-refractivity contribution is 0.945. The second kappa shape index (κ2) is 12.0. The van der Waals surface area contributed by atoms with Crippen molar-refractivity contribution in [3.05, 3.63) is 188 Å². The molecule has 0 fully saturated rings. The van der Waals surface area contributed by atoms with E-state index >= 15 is 0 Å². The van der Waals surface area contributed by atoms with Crippen molar-refractivity contribution in [3.63, 3.8) is 0 Å². The van der Waals surface area contributed by atoms with Gasteiger partial charge in [0.15, 0.2) is 8.07 Å². The van der Waals surface area contributed by atoms with E-state index in [9.17, 15) is 0 Å². The monoisotopic (exact) mass is 648 g/mol. The number of para-hydroxylation sites is 2. The molecule has 228 valence electrons. The molecule has 1 aromatic heterocycles. The van der Waals surface area contributed by atoms with Gasteiger partial charge in [0, 0.05) is 4.90 Å². The maximum Gasteiger partial charge on any atom is 0.179 e. The number of nitrogens with zero attached hydrogens (tertiary/aromatic N) is 2. The van der Waals surface area contributed by atoms with Gasteiger partial charge >= 0.3 is 0 Å². The average molecular weight is 649 g/mol. The molecule has 0 saturated heterocycles. The Bertz CT molecular complexity index is 2360. The first-order chi connectivity index (χ1) is 23.8. The summed E-state index contributed by atoms with van der Waals surface area (Å²) in [6, 6.07) is 67.1. The van der Waals surface area contributed by atoms with Crippen molar-refractivity contribution < 1.29 is 0 Å². The van der Waals surface area contributed by atoms with Gasteiger partial charge in [-0.15, -0.1) is 11.8 Å². The Balaban J connectivity index is 1.24. The van der Waals surface area contributed by atoms with Crippen LogP contribution in [0.4, 0.5) is 0 Å². The summed E-state index contributed by atoms with van der Waals surface area (Å²) < 4.78 is 2.34. The highest BCUT2D eigenvalue weighted by Gasteiger charge is 2.41. The van der Waals surface area contributed by atoms with Gasteiger partial charge in [-0.2, -0.15) is 0 Å². The maximum absolute atomic E-state index is 4.93. The van der Waals surface area contributed by atoms with Crippen LogP contribution in [0.1, 0.15) is 5.82 Å². The second-order valence-electron chi connectivity index (χ2n) is 12.3. The molecular weight excluding hydrogens is 617 g/mol. The van der Waals surface area contributed by atoms with Crippen molar-refractivity contribution in [2.75, 3.05) is 0 Å². The quantitative estimate of drug-likeness (QED) is 0.133. The summed E-state index contributed by atoms with van der Waals surface area (Å²) in [4.78, 5) is 6.22. The molecule has 0 aliphatic carbocycles. The Hall–Kier alpha value is -5.42. The Kier molecular flexibility index (Phi) is 7.18. The fraction of sp³-hybridized carbons (Fsp3) is 0.0227. The lowest BCUT2D eigenvalue weighted by atomic mass is 10.1. The van der Waals surface area contributed by atoms with E-state index in [0.29, 0.717) is 0 Å². The highest BCUT2D eigenvalue weighted by atomic mass is 32.2. The van der Waals surface area contributed by atoms with Crippen LogP contribution in [-0.2, 0) is 5.75 Å². The lowest BCUT2D eigenvalue weighted by Crippen LogP contribution is -2.74. The van der Waals surface area contributed by atoms with Crippen LogP contribution >= 0.6 is 11.8 Å². The molecule has 48 heavy (non-hydrogen) atoms. The van der Waals surface area contributed by atoms with Gasteiger partial charge in [-0.1, -0.05) is 158 Å². The molecule has 0 amide bonds. The molecule has 1 aliphatic heterocycles. The molecule has 2 nitrogen and oxygen atoms in total. The van der Waals surface area contributed by atoms with Gasteiger partial charge in [-0.3, -0.25) is 4.57 Å². The number of aromatic nitrogens is 2. The highest BCUT2D eigenvalue weighted by molar-refractivity contribution is 7.98. The van der Waals surface area contributed by atoms with Crippen LogP contribution in [0.15, 0.2) is 187 Å². The second-order valence-corrected chi connectivity index (χ2v) is 17.2. The summed E-state index contributed by atoms with van der Waals surface area (Å²) in [5.41, 5.74) is 8.38. The number of imidazole rings is 1. The van der Waals surface area contributed by atoms with E-state index in [1.165, 1.54) is 59.1 Å². The van der Waals surface area contributed by atoms with Crippen LogP contribution in [0.5, 0.6) is 0 Å². The normalized spacial score (nSPS) is 12.4. The fourth-order valence-electron chi connectivity index (χ4n) is 7.45. The highest BCUT2D eigenvalue weighted by Crippen LogP contribution is 2.39. The molecule has 8 aromatic rings. The summed E-state index contributed by atoms with van der Waals surface area (Å²) in [6.07, 6.45) is 0. The molecule has 0 N–H and O–H groups in total. The Morgan fingerprint density at radius 1 is 0.458 bits per heavy atom. The van der Waals surface area contributed by atoms with Gasteiger partial charge in [-0.25, -0.2) is 4.98 Å². The van der Waals surface area contributed by atoms with E-state index in [0.717, 1.165) is 17.1 Å². The predicted molar refractivity (Wildman–Crippen MR) is 205 cm³/mol. The van der Waals surface area contributed by atoms with Crippen molar-refractivity contribution in [2.24, 2.45) is 0 Å². The van der Waals surface area contributed by atoms with E-state index in [1.54, 1.807) is 0 Å². The molecule has 0 unspecified atom stereocenters. The number of rotatable bonds is 6. The van der Waals surface area contributed by atoms with Crippen molar-refractivity contribution in [2.45, 2.75) is 10.6 Å². The van der Waals surface area contributed by atoms with Crippen LogP contribution < -0.4 is 20.7 Å². The molecule has 0 radical (unpaired) electrons. The number of thioether (sulfide) groups is 1. The van der Waals surface area contributed by atoms with Crippen LogP contribution in [0.3, 0.4) is 0 Å². The minimum atomic E-state index is -2.74. The van der Waals surface area contributed by atoms with Gasteiger partial charge in [0.05, 0.1) is 22.5 Å². The summed E-state index contributed by atoms with van der Waals surface area (Å²) in [5, 5.41) is 5.49. The fourth-order valence-corrected chi connectivity index (χ4v) is 13.3. The minimum Gasteiger partial charge on any atom is -0.294 e. The van der Waals surface area contributed by atoms with Gasteiger partial charge in [0.2, 0.25) is 0 Å². The first-order valence-electron chi connectivity index (χ1n) is 16.4. The van der Waals surface area contributed by atoms with E-state index in [2.05, 4.69) is 187 Å². The topological polar surface area (TPSA) is 17.8 Å². The van der Waals surface area contributed by atoms with Crippen LogP contribution in [-0.4, -0.2) is 17.6 Å². The summed E-state index contributed by atoms with van der Waals surface area (Å²) in [7, 11) is -2.74. The average Bonchev–Trinajstić information content (AvgIpc) is 3.56. The zero-order valence-electron chi connectivity index (χ0n) is 26.3. The third kappa shape index (κ3) is 4.76. The van der Waals surface area contributed by atoms with Crippen LogP contribution in [0, 0.1) is 0 Å². The first-order valence-corrected chi connectivity index (χ1v) is 19.4. The third-order valence-electron chi connectivity index (χ3n) is 9.63. The predicted octanol–water partition coefficient (Wildman–Crippen LogP) is 8.34. The van der Waals surface area contributed by atoms with E-state index in [4.69, 9.17) is 4.98 Å². The number of fused-ring (bicyclic) bond motifs is 5. The van der Waals surface area contributed by atoms with Crippen molar-refractivity contribution in [1.29, 1.82) is 0 Å². The Morgan fingerprint density at radius 2 is 0.979 bits per heavy atom. The molecule has 0 spiro atoms. The van der Waals surface area contributed by atoms with Crippen LogP contribution in [0.25, 0.3) is 39.0 Å². The van der Waals surface area contributed by atoms with Crippen molar-refractivity contribution in [3.8, 4) is 27.9 Å². The molecule has 0 saturated carbocycles. The molecule has 7 aromatic carbocycles. The van der Waals surface area contributed by atoms with E-state index in [-0.39, 0.29) is 0 Å². The van der Waals surface area contributed by atoms with Gasteiger partial charge < -0.3 is 0 Å². The van der Waals surface area contributed by atoms with Gasteiger partial charge in [0.25, 0.3) is 0 Å². The van der Waals surface area contributed by atoms with Crippen LogP contribution in [0.2, 0.25) is 0 Å². The minimum absolute atomic E-state index is 0.862. The molecule has 9 rings (SSSR count). The van der Waals surface area contributed by atoms with Crippen molar-refractivity contribution >= 4 is 51.6 Å². The molecule has 1 aliphatic rings. The smallest absolute Gasteiger partial charge is 0.179 e. The van der Waals surface area contributed by atoms with E-state index < -0.39 is 8.07 Å². The first kappa shape index (κ1) is 28.8.